The third kappa shape index (κ3) is 4.23. The lowest BCUT2D eigenvalue weighted by molar-refractivity contribution is -0.121. The number of amides is 1. The Hall–Kier alpha value is -1.29. The van der Waals surface area contributed by atoms with Crippen LogP contribution in [0.1, 0.15) is 25.7 Å². The fourth-order valence-corrected chi connectivity index (χ4v) is 2.06. The monoisotopic (exact) mass is 236 g/mol. The van der Waals surface area contributed by atoms with Crippen molar-refractivity contribution >= 4 is 5.91 Å². The van der Waals surface area contributed by atoms with Gasteiger partial charge >= 0.3 is 0 Å². The fourth-order valence-electron chi connectivity index (χ4n) is 2.06. The largest absolute Gasteiger partial charge is 0.376 e. The molecule has 17 heavy (non-hydrogen) atoms. The number of rotatable bonds is 6. The van der Waals surface area contributed by atoms with Gasteiger partial charge in [0, 0.05) is 38.5 Å². The van der Waals surface area contributed by atoms with E-state index in [0.29, 0.717) is 13.0 Å². The van der Waals surface area contributed by atoms with Crippen molar-refractivity contribution in [3.63, 3.8) is 0 Å². The lowest BCUT2D eigenvalue weighted by atomic mass is 10.2. The molecule has 0 spiro atoms. The molecule has 1 aliphatic rings. The SMILES string of the molecule is O=C(CCCn1cccc1)NCC1CCCO1. The standard InChI is InChI=1S/C13H20N2O2/c16-13(14-11-12-5-4-10-17-12)6-3-9-15-7-1-2-8-15/h1-2,7-8,12H,3-6,9-11H2,(H,14,16). The number of aromatic nitrogens is 1. The minimum absolute atomic E-state index is 0.132. The van der Waals surface area contributed by atoms with Gasteiger partial charge in [0.1, 0.15) is 0 Å². The van der Waals surface area contributed by atoms with Gasteiger partial charge in [0.25, 0.3) is 0 Å². The zero-order valence-corrected chi connectivity index (χ0v) is 10.1. The molecule has 1 amide bonds. The van der Waals surface area contributed by atoms with Crippen molar-refractivity contribution in [3.8, 4) is 0 Å². The summed E-state index contributed by atoms with van der Waals surface area (Å²) in [6.45, 7) is 2.41. The quantitative estimate of drug-likeness (QED) is 0.814. The van der Waals surface area contributed by atoms with E-state index in [1.165, 1.54) is 0 Å². The molecular weight excluding hydrogens is 216 g/mol. The summed E-state index contributed by atoms with van der Waals surface area (Å²) >= 11 is 0. The zero-order chi connectivity index (χ0) is 11.9. The first-order valence-corrected chi connectivity index (χ1v) is 6.33. The van der Waals surface area contributed by atoms with E-state index in [4.69, 9.17) is 4.74 Å². The van der Waals surface area contributed by atoms with Crippen molar-refractivity contribution in [1.82, 2.24) is 9.88 Å². The Labute approximate surface area is 102 Å². The van der Waals surface area contributed by atoms with Crippen molar-refractivity contribution in [3.05, 3.63) is 24.5 Å². The highest BCUT2D eigenvalue weighted by Gasteiger charge is 2.15. The van der Waals surface area contributed by atoms with Gasteiger partial charge < -0.3 is 14.6 Å². The highest BCUT2D eigenvalue weighted by atomic mass is 16.5. The molecule has 2 heterocycles. The van der Waals surface area contributed by atoms with Crippen LogP contribution in [0.15, 0.2) is 24.5 Å². The van der Waals surface area contributed by atoms with E-state index < -0.39 is 0 Å². The normalized spacial score (nSPS) is 19.4. The summed E-state index contributed by atoms with van der Waals surface area (Å²) in [5.74, 6) is 0.132. The minimum Gasteiger partial charge on any atom is -0.376 e. The average molecular weight is 236 g/mol. The molecule has 1 aliphatic heterocycles. The molecule has 1 aromatic rings. The van der Waals surface area contributed by atoms with Crippen molar-refractivity contribution in [2.45, 2.75) is 38.3 Å². The van der Waals surface area contributed by atoms with Gasteiger partial charge in [-0.3, -0.25) is 4.79 Å². The number of ether oxygens (including phenoxy) is 1. The summed E-state index contributed by atoms with van der Waals surface area (Å²) in [6.07, 6.45) is 7.94. The zero-order valence-electron chi connectivity index (χ0n) is 10.1. The third-order valence-corrected chi connectivity index (χ3v) is 3.04. The molecule has 1 saturated heterocycles. The predicted octanol–water partition coefficient (Wildman–Crippen LogP) is 1.56. The second-order valence-corrected chi connectivity index (χ2v) is 4.46. The van der Waals surface area contributed by atoms with E-state index in [1.807, 2.05) is 24.5 Å². The molecule has 94 valence electrons. The Balaban J connectivity index is 1.54. The maximum Gasteiger partial charge on any atom is 0.220 e. The van der Waals surface area contributed by atoms with E-state index in [-0.39, 0.29) is 12.0 Å². The van der Waals surface area contributed by atoms with E-state index in [0.717, 1.165) is 32.4 Å². The van der Waals surface area contributed by atoms with E-state index in [2.05, 4.69) is 9.88 Å². The summed E-state index contributed by atoms with van der Waals surface area (Å²) in [5.41, 5.74) is 0. The molecule has 2 rings (SSSR count). The Morgan fingerprint density at radius 1 is 1.41 bits per heavy atom. The van der Waals surface area contributed by atoms with Crippen molar-refractivity contribution in [2.24, 2.45) is 0 Å². The van der Waals surface area contributed by atoms with Gasteiger partial charge in [-0.25, -0.2) is 0 Å². The topological polar surface area (TPSA) is 43.3 Å². The van der Waals surface area contributed by atoms with Crippen LogP contribution in [0.3, 0.4) is 0 Å². The van der Waals surface area contributed by atoms with Crippen molar-refractivity contribution in [1.29, 1.82) is 0 Å². The summed E-state index contributed by atoms with van der Waals surface area (Å²) in [7, 11) is 0. The van der Waals surface area contributed by atoms with Gasteiger partial charge in [-0.05, 0) is 31.4 Å². The van der Waals surface area contributed by atoms with E-state index >= 15 is 0 Å². The maximum atomic E-state index is 11.6. The number of carbonyl (C=O) groups excluding carboxylic acids is 1. The molecule has 4 heteroatoms. The molecule has 1 atom stereocenters. The lowest BCUT2D eigenvalue weighted by Crippen LogP contribution is -2.31. The molecule has 4 nitrogen and oxygen atoms in total. The number of nitrogens with one attached hydrogen (secondary N) is 1. The number of hydrogen-bond donors (Lipinski definition) is 1. The molecule has 1 aromatic heterocycles. The van der Waals surface area contributed by atoms with Crippen LogP contribution in [0, 0.1) is 0 Å². The number of aryl methyl sites for hydroxylation is 1. The van der Waals surface area contributed by atoms with Crippen LogP contribution in [-0.4, -0.2) is 29.7 Å². The Kier molecular flexibility index (Phi) is 4.62. The molecule has 0 aromatic carbocycles. The predicted molar refractivity (Wildman–Crippen MR) is 65.6 cm³/mol. The summed E-state index contributed by atoms with van der Waals surface area (Å²) in [4.78, 5) is 11.6. The third-order valence-electron chi connectivity index (χ3n) is 3.04. The minimum atomic E-state index is 0.132. The number of carbonyl (C=O) groups is 1. The van der Waals surface area contributed by atoms with Crippen molar-refractivity contribution < 1.29 is 9.53 Å². The molecule has 0 aliphatic carbocycles. The van der Waals surface area contributed by atoms with Crippen LogP contribution < -0.4 is 5.32 Å². The molecule has 0 radical (unpaired) electrons. The molecule has 0 bridgehead atoms. The van der Waals surface area contributed by atoms with Crippen LogP contribution >= 0.6 is 0 Å². The Morgan fingerprint density at radius 3 is 2.94 bits per heavy atom. The van der Waals surface area contributed by atoms with Gasteiger partial charge in [0.2, 0.25) is 5.91 Å². The number of hydrogen-bond acceptors (Lipinski definition) is 2. The second kappa shape index (κ2) is 6.45. The Bertz CT molecular complexity index is 329. The van der Waals surface area contributed by atoms with Crippen LogP contribution in [0.4, 0.5) is 0 Å². The highest BCUT2D eigenvalue weighted by Crippen LogP contribution is 2.10. The molecule has 1 fully saturated rings. The first kappa shape index (κ1) is 12.2. The van der Waals surface area contributed by atoms with Gasteiger partial charge in [-0.2, -0.15) is 0 Å². The fraction of sp³-hybridized carbons (Fsp3) is 0.615. The Morgan fingerprint density at radius 2 is 2.24 bits per heavy atom. The number of nitrogens with zero attached hydrogens (tertiary/aromatic N) is 1. The van der Waals surface area contributed by atoms with Gasteiger partial charge in [0.15, 0.2) is 0 Å². The van der Waals surface area contributed by atoms with E-state index in [9.17, 15) is 4.79 Å². The maximum absolute atomic E-state index is 11.6. The lowest BCUT2D eigenvalue weighted by Gasteiger charge is -2.10. The first-order valence-electron chi connectivity index (χ1n) is 6.33. The first-order chi connectivity index (χ1) is 8.34. The molecule has 1 unspecified atom stereocenters. The van der Waals surface area contributed by atoms with Crippen LogP contribution in [-0.2, 0) is 16.1 Å². The second-order valence-electron chi connectivity index (χ2n) is 4.46. The smallest absolute Gasteiger partial charge is 0.220 e. The molecule has 0 saturated carbocycles. The van der Waals surface area contributed by atoms with Crippen LogP contribution in [0.2, 0.25) is 0 Å². The molecule has 1 N–H and O–H groups in total. The summed E-state index contributed by atoms with van der Waals surface area (Å²) < 4.78 is 7.54. The van der Waals surface area contributed by atoms with Crippen LogP contribution in [0.25, 0.3) is 0 Å². The average Bonchev–Trinajstić information content (AvgIpc) is 2.99. The summed E-state index contributed by atoms with van der Waals surface area (Å²) in [5, 5.41) is 2.93. The molecular formula is C13H20N2O2. The van der Waals surface area contributed by atoms with Crippen molar-refractivity contribution in [2.75, 3.05) is 13.2 Å². The van der Waals surface area contributed by atoms with Gasteiger partial charge in [-0.15, -0.1) is 0 Å². The summed E-state index contributed by atoms with van der Waals surface area (Å²) in [6, 6.07) is 4.00. The van der Waals surface area contributed by atoms with E-state index in [1.54, 1.807) is 0 Å². The van der Waals surface area contributed by atoms with Crippen LogP contribution in [0.5, 0.6) is 0 Å². The van der Waals surface area contributed by atoms with Gasteiger partial charge in [0.05, 0.1) is 6.10 Å². The van der Waals surface area contributed by atoms with Gasteiger partial charge in [-0.1, -0.05) is 0 Å². The highest BCUT2D eigenvalue weighted by molar-refractivity contribution is 5.75.